The van der Waals surface area contributed by atoms with Crippen LogP contribution in [0.3, 0.4) is 0 Å². The number of aromatic nitrogens is 1. The summed E-state index contributed by atoms with van der Waals surface area (Å²) in [6, 6.07) is 6.77. The van der Waals surface area contributed by atoms with Gasteiger partial charge in [0.25, 0.3) is 0 Å². The van der Waals surface area contributed by atoms with E-state index in [1.807, 2.05) is 6.92 Å². The van der Waals surface area contributed by atoms with Crippen molar-refractivity contribution < 1.29 is 13.2 Å². The third-order valence-electron chi connectivity index (χ3n) is 2.80. The van der Waals surface area contributed by atoms with Gasteiger partial charge >= 0.3 is 6.18 Å². The van der Waals surface area contributed by atoms with E-state index in [1.165, 1.54) is 6.07 Å². The van der Waals surface area contributed by atoms with E-state index >= 15 is 0 Å². The number of hydrogen-bond acceptors (Lipinski definition) is 3. The molecule has 110 valence electrons. The van der Waals surface area contributed by atoms with Gasteiger partial charge in [-0.15, -0.1) is 0 Å². The van der Waals surface area contributed by atoms with Crippen LogP contribution in [0.4, 0.5) is 24.5 Å². The Labute approximate surface area is 125 Å². The van der Waals surface area contributed by atoms with Gasteiger partial charge in [-0.05, 0) is 37.3 Å². The SMILES string of the molecule is Cc1ccc(Nc2ccc(C(F)(F)F)cc2C(N)=S)cn1. The van der Waals surface area contributed by atoms with Gasteiger partial charge in [-0.2, -0.15) is 13.2 Å². The zero-order chi connectivity index (χ0) is 15.6. The van der Waals surface area contributed by atoms with Crippen LogP contribution in [0.15, 0.2) is 36.5 Å². The van der Waals surface area contributed by atoms with Crippen molar-refractivity contribution >= 4 is 28.6 Å². The summed E-state index contributed by atoms with van der Waals surface area (Å²) in [6.45, 7) is 1.84. The highest BCUT2D eigenvalue weighted by molar-refractivity contribution is 7.80. The molecule has 7 heteroatoms. The van der Waals surface area contributed by atoms with Gasteiger partial charge in [0, 0.05) is 16.9 Å². The van der Waals surface area contributed by atoms with E-state index in [0.717, 1.165) is 17.8 Å². The lowest BCUT2D eigenvalue weighted by atomic mass is 10.1. The number of pyridine rings is 1. The van der Waals surface area contributed by atoms with Crippen LogP contribution in [-0.4, -0.2) is 9.97 Å². The topological polar surface area (TPSA) is 50.9 Å². The number of nitrogens with one attached hydrogen (secondary N) is 1. The second-order valence-corrected chi connectivity index (χ2v) is 4.88. The van der Waals surface area contributed by atoms with Crippen molar-refractivity contribution in [3.8, 4) is 0 Å². The second-order valence-electron chi connectivity index (χ2n) is 4.44. The average molecular weight is 311 g/mol. The number of benzene rings is 1. The van der Waals surface area contributed by atoms with Gasteiger partial charge in [0.15, 0.2) is 0 Å². The molecule has 1 aromatic heterocycles. The molecule has 1 heterocycles. The van der Waals surface area contributed by atoms with E-state index in [0.29, 0.717) is 11.4 Å². The normalized spacial score (nSPS) is 11.2. The Morgan fingerprint density at radius 3 is 2.48 bits per heavy atom. The molecule has 21 heavy (non-hydrogen) atoms. The molecule has 3 nitrogen and oxygen atoms in total. The van der Waals surface area contributed by atoms with Gasteiger partial charge < -0.3 is 11.1 Å². The zero-order valence-corrected chi connectivity index (χ0v) is 11.8. The summed E-state index contributed by atoms with van der Waals surface area (Å²) >= 11 is 4.82. The lowest BCUT2D eigenvalue weighted by Crippen LogP contribution is -2.14. The molecule has 0 fully saturated rings. The molecular formula is C14H12F3N3S. The molecule has 0 aliphatic heterocycles. The van der Waals surface area contributed by atoms with Gasteiger partial charge in [-0.25, -0.2) is 0 Å². The van der Waals surface area contributed by atoms with Crippen LogP contribution < -0.4 is 11.1 Å². The number of hydrogen-bond donors (Lipinski definition) is 2. The molecule has 0 amide bonds. The number of nitrogens with two attached hydrogens (primary N) is 1. The lowest BCUT2D eigenvalue weighted by Gasteiger charge is -2.14. The first-order chi connectivity index (χ1) is 9.77. The monoisotopic (exact) mass is 311 g/mol. The van der Waals surface area contributed by atoms with Crippen LogP contribution in [0.5, 0.6) is 0 Å². The lowest BCUT2D eigenvalue weighted by molar-refractivity contribution is -0.137. The molecule has 0 atom stereocenters. The highest BCUT2D eigenvalue weighted by atomic mass is 32.1. The predicted molar refractivity (Wildman–Crippen MR) is 79.6 cm³/mol. The zero-order valence-electron chi connectivity index (χ0n) is 11.0. The first-order valence-electron chi connectivity index (χ1n) is 5.98. The van der Waals surface area contributed by atoms with E-state index in [1.54, 1.807) is 18.3 Å². The minimum absolute atomic E-state index is 0.108. The first-order valence-corrected chi connectivity index (χ1v) is 6.39. The van der Waals surface area contributed by atoms with Crippen molar-refractivity contribution in [1.82, 2.24) is 4.98 Å². The Bertz CT molecular complexity index is 666. The Morgan fingerprint density at radius 2 is 1.95 bits per heavy atom. The summed E-state index contributed by atoms with van der Waals surface area (Å²) < 4.78 is 38.2. The Kier molecular flexibility index (Phi) is 4.13. The predicted octanol–water partition coefficient (Wildman–Crippen LogP) is 3.79. The fourth-order valence-corrected chi connectivity index (χ4v) is 1.90. The highest BCUT2D eigenvalue weighted by Crippen LogP contribution is 2.32. The Balaban J connectivity index is 2.39. The fraction of sp³-hybridized carbons (Fsp3) is 0.143. The van der Waals surface area contributed by atoms with Gasteiger partial charge in [0.1, 0.15) is 4.99 Å². The molecular weight excluding hydrogens is 299 g/mol. The molecule has 0 saturated carbocycles. The van der Waals surface area contributed by atoms with Crippen molar-refractivity contribution in [3.63, 3.8) is 0 Å². The maximum Gasteiger partial charge on any atom is 0.416 e. The van der Waals surface area contributed by atoms with Gasteiger partial charge in [0.05, 0.1) is 17.4 Å². The third kappa shape index (κ3) is 3.69. The van der Waals surface area contributed by atoms with Crippen LogP contribution in [0.1, 0.15) is 16.8 Å². The van der Waals surface area contributed by atoms with Crippen molar-refractivity contribution in [2.24, 2.45) is 5.73 Å². The highest BCUT2D eigenvalue weighted by Gasteiger charge is 2.31. The number of anilines is 2. The molecule has 0 bridgehead atoms. The molecule has 0 unspecified atom stereocenters. The number of nitrogens with zero attached hydrogens (tertiary/aromatic N) is 1. The van der Waals surface area contributed by atoms with Crippen molar-refractivity contribution in [3.05, 3.63) is 53.3 Å². The average Bonchev–Trinajstić information content (AvgIpc) is 2.40. The summed E-state index contributed by atoms with van der Waals surface area (Å²) in [7, 11) is 0. The van der Waals surface area contributed by atoms with Crippen LogP contribution in [0.25, 0.3) is 0 Å². The molecule has 0 radical (unpaired) electrons. The molecule has 1 aromatic carbocycles. The largest absolute Gasteiger partial charge is 0.416 e. The minimum atomic E-state index is -4.44. The summed E-state index contributed by atoms with van der Waals surface area (Å²) in [5, 5.41) is 2.96. The van der Waals surface area contributed by atoms with E-state index in [9.17, 15) is 13.2 Å². The summed E-state index contributed by atoms with van der Waals surface area (Å²) in [5.41, 5.74) is 6.74. The maximum absolute atomic E-state index is 12.7. The molecule has 0 spiro atoms. The smallest absolute Gasteiger partial charge is 0.389 e. The standard InChI is InChI=1S/C14H12F3N3S/c1-8-2-4-10(7-19-8)20-12-5-3-9(14(15,16)17)6-11(12)13(18)21/h2-7,20H,1H3,(H2,18,21). The van der Waals surface area contributed by atoms with Gasteiger partial charge in [0.2, 0.25) is 0 Å². The van der Waals surface area contributed by atoms with Crippen LogP contribution in [0, 0.1) is 6.92 Å². The maximum atomic E-state index is 12.7. The van der Waals surface area contributed by atoms with Crippen LogP contribution in [0.2, 0.25) is 0 Å². The van der Waals surface area contributed by atoms with E-state index < -0.39 is 11.7 Å². The number of alkyl halides is 3. The van der Waals surface area contributed by atoms with Crippen molar-refractivity contribution in [2.45, 2.75) is 13.1 Å². The number of halogens is 3. The molecule has 2 aromatic rings. The number of thiocarbonyl (C=S) groups is 1. The van der Waals surface area contributed by atoms with Crippen LogP contribution >= 0.6 is 12.2 Å². The minimum Gasteiger partial charge on any atom is -0.389 e. The fourth-order valence-electron chi connectivity index (χ4n) is 1.73. The van der Waals surface area contributed by atoms with Gasteiger partial charge in [-0.1, -0.05) is 12.2 Å². The molecule has 0 aliphatic carbocycles. The number of rotatable bonds is 3. The summed E-state index contributed by atoms with van der Waals surface area (Å²) in [5.74, 6) is 0. The van der Waals surface area contributed by atoms with Gasteiger partial charge in [-0.3, -0.25) is 4.98 Å². The molecule has 0 saturated heterocycles. The first kappa shape index (κ1) is 15.2. The van der Waals surface area contributed by atoms with Crippen LogP contribution in [-0.2, 0) is 6.18 Å². The van der Waals surface area contributed by atoms with Crippen molar-refractivity contribution in [1.29, 1.82) is 0 Å². The van der Waals surface area contributed by atoms with E-state index in [-0.39, 0.29) is 10.6 Å². The summed E-state index contributed by atoms with van der Waals surface area (Å²) in [4.78, 5) is 3.99. The van der Waals surface area contributed by atoms with E-state index in [2.05, 4.69) is 10.3 Å². The molecule has 0 aliphatic rings. The summed E-state index contributed by atoms with van der Waals surface area (Å²) in [6.07, 6.45) is -2.86. The van der Waals surface area contributed by atoms with Crippen molar-refractivity contribution in [2.75, 3.05) is 5.32 Å². The van der Waals surface area contributed by atoms with E-state index in [4.69, 9.17) is 18.0 Å². The second kappa shape index (κ2) is 5.69. The Hall–Kier alpha value is -2.15. The molecule has 3 N–H and O–H groups in total. The third-order valence-corrected chi connectivity index (χ3v) is 3.02. The Morgan fingerprint density at radius 1 is 1.24 bits per heavy atom. The molecule has 2 rings (SSSR count). The quantitative estimate of drug-likeness (QED) is 0.847. The number of aryl methyl sites for hydroxylation is 1.